The maximum absolute atomic E-state index is 12.3. The van der Waals surface area contributed by atoms with Crippen LogP contribution in [-0.2, 0) is 19.5 Å². The molecule has 31 heavy (non-hydrogen) atoms. The van der Waals surface area contributed by atoms with E-state index in [1.54, 1.807) is 14.2 Å². The van der Waals surface area contributed by atoms with E-state index >= 15 is 0 Å². The topological polar surface area (TPSA) is 110 Å². The lowest BCUT2D eigenvalue weighted by Crippen LogP contribution is -2.38. The largest absolute Gasteiger partial charge is 0.497 e. The third-order valence-electron chi connectivity index (χ3n) is 4.55. The maximum atomic E-state index is 12.3. The molecule has 2 N–H and O–H groups in total. The minimum Gasteiger partial charge on any atom is -0.497 e. The van der Waals surface area contributed by atoms with Crippen LogP contribution in [0.3, 0.4) is 0 Å². The Kier molecular flexibility index (Phi) is 7.58. The molecule has 0 saturated heterocycles. The molecule has 9 nitrogen and oxygen atoms in total. The van der Waals surface area contributed by atoms with E-state index in [0.717, 1.165) is 16.9 Å². The van der Waals surface area contributed by atoms with Crippen LogP contribution in [0.5, 0.6) is 5.75 Å². The Morgan fingerprint density at radius 1 is 1.03 bits per heavy atom. The van der Waals surface area contributed by atoms with E-state index in [1.165, 1.54) is 4.90 Å². The van der Waals surface area contributed by atoms with Gasteiger partial charge in [-0.1, -0.05) is 47.6 Å². The summed E-state index contributed by atoms with van der Waals surface area (Å²) in [6, 6.07) is 16.8. The van der Waals surface area contributed by atoms with Gasteiger partial charge in [-0.2, -0.15) is 4.98 Å². The molecule has 1 heterocycles. The zero-order valence-electron chi connectivity index (χ0n) is 17.5. The number of hydrogen-bond acceptors (Lipinski definition) is 6. The van der Waals surface area contributed by atoms with Gasteiger partial charge in [-0.05, 0) is 23.3 Å². The van der Waals surface area contributed by atoms with Crippen molar-refractivity contribution in [2.24, 2.45) is 0 Å². The van der Waals surface area contributed by atoms with E-state index in [4.69, 9.17) is 9.26 Å². The van der Waals surface area contributed by atoms with Crippen molar-refractivity contribution in [2.75, 3.05) is 20.7 Å². The van der Waals surface area contributed by atoms with E-state index in [1.807, 2.05) is 54.6 Å². The Balaban J connectivity index is 1.42. The molecule has 9 heteroatoms. The van der Waals surface area contributed by atoms with Crippen molar-refractivity contribution < 1.29 is 18.8 Å². The van der Waals surface area contributed by atoms with Crippen LogP contribution in [0.4, 0.5) is 4.79 Å². The summed E-state index contributed by atoms with van der Waals surface area (Å²) in [6.07, 6.45) is 0.360. The summed E-state index contributed by atoms with van der Waals surface area (Å²) in [7, 11) is 3.27. The van der Waals surface area contributed by atoms with Crippen LogP contribution < -0.4 is 15.4 Å². The van der Waals surface area contributed by atoms with Gasteiger partial charge in [0.2, 0.25) is 0 Å². The number of nitrogens with one attached hydrogen (secondary N) is 2. The molecular formula is C22H25N5O4. The first-order chi connectivity index (χ1) is 15.0. The minimum absolute atomic E-state index is 0.101. The number of likely N-dealkylation sites (N-methyl/N-ethyl adjacent to an activating group) is 1. The Bertz CT molecular complexity index is 1010. The molecule has 2 aromatic carbocycles. The number of carbonyl (C=O) groups excluding carboxylic acids is 2. The molecule has 0 spiro atoms. The molecule has 0 fully saturated rings. The summed E-state index contributed by atoms with van der Waals surface area (Å²) in [5, 5.41) is 9.40. The van der Waals surface area contributed by atoms with Gasteiger partial charge in [0.1, 0.15) is 5.75 Å². The average Bonchev–Trinajstić information content (AvgIpc) is 3.29. The van der Waals surface area contributed by atoms with Crippen molar-refractivity contribution in [1.82, 2.24) is 25.7 Å². The SMILES string of the molecule is COc1cccc(CNC(=O)N(C)CCc2noc(C(=O)NCc3ccccc3)n2)c1. The van der Waals surface area contributed by atoms with E-state index in [2.05, 4.69) is 20.8 Å². The number of urea groups is 1. The predicted molar refractivity (Wildman–Crippen MR) is 113 cm³/mol. The monoisotopic (exact) mass is 423 g/mol. The Morgan fingerprint density at radius 3 is 2.55 bits per heavy atom. The summed E-state index contributed by atoms with van der Waals surface area (Å²) in [5.74, 6) is 0.557. The highest BCUT2D eigenvalue weighted by atomic mass is 16.5. The molecule has 0 bridgehead atoms. The van der Waals surface area contributed by atoms with Crippen LogP contribution in [0.1, 0.15) is 27.6 Å². The zero-order valence-corrected chi connectivity index (χ0v) is 17.5. The third-order valence-corrected chi connectivity index (χ3v) is 4.55. The number of rotatable bonds is 9. The number of carbonyl (C=O) groups is 2. The Labute approximate surface area is 180 Å². The fourth-order valence-electron chi connectivity index (χ4n) is 2.77. The molecule has 0 radical (unpaired) electrons. The van der Waals surface area contributed by atoms with E-state index in [-0.39, 0.29) is 11.9 Å². The van der Waals surface area contributed by atoms with Gasteiger partial charge in [0.15, 0.2) is 5.82 Å². The highest BCUT2D eigenvalue weighted by molar-refractivity contribution is 5.89. The van der Waals surface area contributed by atoms with Crippen molar-refractivity contribution in [3.63, 3.8) is 0 Å². The highest BCUT2D eigenvalue weighted by Gasteiger charge is 2.16. The lowest BCUT2D eigenvalue weighted by atomic mass is 10.2. The number of methoxy groups -OCH3 is 1. The second kappa shape index (κ2) is 10.8. The van der Waals surface area contributed by atoms with Gasteiger partial charge in [0.25, 0.3) is 0 Å². The third kappa shape index (κ3) is 6.56. The number of amides is 3. The van der Waals surface area contributed by atoms with Crippen LogP contribution >= 0.6 is 0 Å². The maximum Gasteiger partial charge on any atom is 0.317 e. The van der Waals surface area contributed by atoms with Crippen LogP contribution in [0.2, 0.25) is 0 Å². The second-order valence-electron chi connectivity index (χ2n) is 6.87. The quantitative estimate of drug-likeness (QED) is 0.547. The molecule has 0 aliphatic rings. The number of aromatic nitrogens is 2. The molecular weight excluding hydrogens is 398 g/mol. The van der Waals surface area contributed by atoms with Crippen molar-refractivity contribution in [3.8, 4) is 5.75 Å². The van der Waals surface area contributed by atoms with E-state index in [0.29, 0.717) is 31.9 Å². The number of ether oxygens (including phenoxy) is 1. The van der Waals surface area contributed by atoms with Crippen LogP contribution in [0.25, 0.3) is 0 Å². The minimum atomic E-state index is -0.438. The molecule has 0 aliphatic heterocycles. The molecule has 162 valence electrons. The van der Waals surface area contributed by atoms with Gasteiger partial charge in [-0.3, -0.25) is 4.79 Å². The highest BCUT2D eigenvalue weighted by Crippen LogP contribution is 2.12. The van der Waals surface area contributed by atoms with E-state index < -0.39 is 5.91 Å². The fourth-order valence-corrected chi connectivity index (χ4v) is 2.77. The summed E-state index contributed by atoms with van der Waals surface area (Å²) in [5.41, 5.74) is 1.91. The van der Waals surface area contributed by atoms with Gasteiger partial charge in [0.05, 0.1) is 7.11 Å². The molecule has 3 amide bonds. The van der Waals surface area contributed by atoms with Gasteiger partial charge in [0, 0.05) is 33.1 Å². The smallest absolute Gasteiger partial charge is 0.317 e. The standard InChI is InChI=1S/C22H25N5O4/c1-27(22(29)24-15-17-9-6-10-18(13-17)30-2)12-11-19-25-21(31-26-19)20(28)23-14-16-7-4-3-5-8-16/h3-10,13H,11-12,14-15H2,1-2H3,(H,23,28)(H,24,29). The van der Waals surface area contributed by atoms with Gasteiger partial charge >= 0.3 is 17.8 Å². The Hall–Kier alpha value is -3.88. The zero-order chi connectivity index (χ0) is 22.1. The predicted octanol–water partition coefficient (Wildman–Crippen LogP) is 2.39. The Morgan fingerprint density at radius 2 is 1.77 bits per heavy atom. The summed E-state index contributed by atoms with van der Waals surface area (Å²) in [6.45, 7) is 1.12. The second-order valence-corrected chi connectivity index (χ2v) is 6.87. The molecule has 3 rings (SSSR count). The van der Waals surface area contributed by atoms with Crippen LogP contribution in [0, 0.1) is 0 Å². The number of benzene rings is 2. The molecule has 0 saturated carbocycles. The van der Waals surface area contributed by atoms with E-state index in [9.17, 15) is 9.59 Å². The number of nitrogens with zero attached hydrogens (tertiary/aromatic N) is 3. The van der Waals surface area contributed by atoms with Gasteiger partial charge in [-0.15, -0.1) is 0 Å². The molecule has 1 aromatic heterocycles. The molecule has 0 unspecified atom stereocenters. The summed E-state index contributed by atoms with van der Waals surface area (Å²) < 4.78 is 10.2. The lowest BCUT2D eigenvalue weighted by molar-refractivity contribution is 0.0907. The first-order valence-electron chi connectivity index (χ1n) is 9.82. The van der Waals surface area contributed by atoms with Crippen LogP contribution in [0.15, 0.2) is 59.1 Å². The first kappa shape index (κ1) is 21.8. The normalized spacial score (nSPS) is 10.4. The lowest BCUT2D eigenvalue weighted by Gasteiger charge is -2.17. The molecule has 0 aliphatic carbocycles. The summed E-state index contributed by atoms with van der Waals surface area (Å²) >= 11 is 0. The molecule has 3 aromatic rings. The fraction of sp³-hybridized carbons (Fsp3) is 0.273. The van der Waals surface area contributed by atoms with Gasteiger partial charge in [-0.25, -0.2) is 4.79 Å². The van der Waals surface area contributed by atoms with Crippen molar-refractivity contribution in [3.05, 3.63) is 77.4 Å². The van der Waals surface area contributed by atoms with Crippen molar-refractivity contribution in [1.29, 1.82) is 0 Å². The van der Waals surface area contributed by atoms with Crippen molar-refractivity contribution >= 4 is 11.9 Å². The van der Waals surface area contributed by atoms with Gasteiger partial charge < -0.3 is 24.8 Å². The van der Waals surface area contributed by atoms with Crippen molar-refractivity contribution in [2.45, 2.75) is 19.5 Å². The average molecular weight is 423 g/mol. The first-order valence-corrected chi connectivity index (χ1v) is 9.82. The number of hydrogen-bond donors (Lipinski definition) is 2. The van der Waals surface area contributed by atoms with Crippen LogP contribution in [-0.4, -0.2) is 47.7 Å². The summed E-state index contributed by atoms with van der Waals surface area (Å²) in [4.78, 5) is 30.1. The molecule has 0 atom stereocenters.